The first-order chi connectivity index (χ1) is 17.9. The summed E-state index contributed by atoms with van der Waals surface area (Å²) in [7, 11) is 0. The molecule has 0 nitrogen and oxygen atoms in total. The summed E-state index contributed by atoms with van der Waals surface area (Å²) >= 11 is 0. The van der Waals surface area contributed by atoms with Gasteiger partial charge in [0.2, 0.25) is 0 Å². The van der Waals surface area contributed by atoms with E-state index in [4.69, 9.17) is 0 Å². The van der Waals surface area contributed by atoms with Crippen molar-refractivity contribution in [3.05, 3.63) is 115 Å². The minimum atomic E-state index is -1.98. The molecule has 0 radical (unpaired) electrons. The highest BCUT2D eigenvalue weighted by atomic mass is 31.2. The molecular formula is C35H43P. The van der Waals surface area contributed by atoms with E-state index >= 15 is 0 Å². The number of rotatable bonds is 14. The Bertz CT molecular complexity index is 1050. The van der Waals surface area contributed by atoms with Gasteiger partial charge in [-0.3, -0.25) is 0 Å². The van der Waals surface area contributed by atoms with Crippen LogP contribution in [0.2, 0.25) is 0 Å². The van der Waals surface area contributed by atoms with Crippen molar-refractivity contribution in [2.75, 3.05) is 0 Å². The highest BCUT2D eigenvalue weighted by Gasteiger charge is 2.30. The summed E-state index contributed by atoms with van der Waals surface area (Å²) in [6.07, 6.45) is 22.1. The number of hydrogen-bond donors (Lipinski definition) is 0. The van der Waals surface area contributed by atoms with Crippen LogP contribution < -0.4 is 15.9 Å². The van der Waals surface area contributed by atoms with Crippen LogP contribution in [0, 0.1) is 0 Å². The fourth-order valence-electron chi connectivity index (χ4n) is 5.61. The van der Waals surface area contributed by atoms with Gasteiger partial charge in [-0.2, -0.15) is 0 Å². The van der Waals surface area contributed by atoms with E-state index in [0.717, 1.165) is 0 Å². The molecular weight excluding hydrogens is 451 g/mol. The molecule has 0 fully saturated rings. The van der Waals surface area contributed by atoms with Gasteiger partial charge in [-0.05, 0) is 46.5 Å². The number of allylic oxidation sites excluding steroid dienone is 4. The molecule has 1 aliphatic rings. The molecule has 0 spiro atoms. The lowest BCUT2D eigenvalue weighted by Gasteiger charge is -2.32. The standard InChI is InChI=1S/C35H43P/c1-2-3-4-5-6-7-8-9-10-14-22-31-23-21-30-35(31)36(32-24-15-11-16-25-32,33-26-17-12-18-27-33)34-28-19-13-20-29-34/h11-13,15-21,23-30H,2-10,14,22H2,1H3. The normalized spacial score (nSPS) is 13.2. The molecule has 36 heavy (non-hydrogen) atoms. The highest BCUT2D eigenvalue weighted by Crippen LogP contribution is 2.49. The summed E-state index contributed by atoms with van der Waals surface area (Å²) in [6, 6.07) is 33.8. The minimum absolute atomic E-state index is 1.17. The van der Waals surface area contributed by atoms with E-state index in [1.165, 1.54) is 86.5 Å². The van der Waals surface area contributed by atoms with Gasteiger partial charge in [0.1, 0.15) is 0 Å². The van der Waals surface area contributed by atoms with E-state index in [2.05, 4.69) is 116 Å². The van der Waals surface area contributed by atoms with Crippen LogP contribution in [-0.4, -0.2) is 5.29 Å². The molecule has 3 aromatic carbocycles. The van der Waals surface area contributed by atoms with Crippen LogP contribution in [0.4, 0.5) is 0 Å². The Morgan fingerprint density at radius 1 is 0.500 bits per heavy atom. The van der Waals surface area contributed by atoms with Crippen LogP contribution in [0.1, 0.15) is 77.6 Å². The Morgan fingerprint density at radius 3 is 1.36 bits per heavy atom. The Hall–Kier alpha value is -2.56. The third-order valence-electron chi connectivity index (χ3n) is 7.47. The van der Waals surface area contributed by atoms with Crippen LogP contribution in [-0.2, 0) is 0 Å². The van der Waals surface area contributed by atoms with Gasteiger partial charge in [-0.1, -0.05) is 174 Å². The fourth-order valence-corrected chi connectivity index (χ4v) is 10.1. The minimum Gasteiger partial charge on any atom is -0.0654 e. The molecule has 0 saturated carbocycles. The zero-order chi connectivity index (χ0) is 24.9. The molecule has 0 aliphatic heterocycles. The largest absolute Gasteiger partial charge is 0.0654 e. The van der Waals surface area contributed by atoms with Crippen LogP contribution in [0.3, 0.4) is 0 Å². The maximum absolute atomic E-state index is 2.42. The molecule has 0 atom stereocenters. The predicted octanol–water partition coefficient (Wildman–Crippen LogP) is 8.96. The summed E-state index contributed by atoms with van der Waals surface area (Å²) in [5.41, 5.74) is 1.54. The smallest absolute Gasteiger partial charge is 0.0123 e. The molecule has 0 saturated heterocycles. The van der Waals surface area contributed by atoms with Gasteiger partial charge in [0, 0.05) is 0 Å². The molecule has 4 rings (SSSR count). The lowest BCUT2D eigenvalue weighted by Crippen LogP contribution is -2.30. The van der Waals surface area contributed by atoms with E-state index < -0.39 is 6.89 Å². The van der Waals surface area contributed by atoms with E-state index in [1.807, 2.05) is 0 Å². The first-order valence-corrected chi connectivity index (χ1v) is 16.0. The zero-order valence-electron chi connectivity index (χ0n) is 22.1. The van der Waals surface area contributed by atoms with Crippen molar-refractivity contribution in [2.45, 2.75) is 77.6 Å². The maximum atomic E-state index is 2.42. The third-order valence-corrected chi connectivity index (χ3v) is 11.8. The SMILES string of the molecule is CCCCCCCCCCCCC1=CC=CC1=P(c1ccccc1)(c1ccccc1)c1ccccc1. The molecule has 1 heteroatoms. The summed E-state index contributed by atoms with van der Waals surface area (Å²) in [5.74, 6) is 0. The Labute approximate surface area is 220 Å². The van der Waals surface area contributed by atoms with E-state index in [0.29, 0.717) is 0 Å². The predicted molar refractivity (Wildman–Crippen MR) is 164 cm³/mol. The monoisotopic (exact) mass is 494 g/mol. The van der Waals surface area contributed by atoms with E-state index in [1.54, 1.807) is 10.9 Å². The topological polar surface area (TPSA) is 0 Å². The van der Waals surface area contributed by atoms with Crippen molar-refractivity contribution in [3.8, 4) is 0 Å². The Kier molecular flexibility index (Phi) is 10.5. The van der Waals surface area contributed by atoms with Crippen molar-refractivity contribution < 1.29 is 0 Å². The second-order valence-electron chi connectivity index (χ2n) is 10.0. The van der Waals surface area contributed by atoms with Crippen LogP contribution in [0.25, 0.3) is 0 Å². The molecule has 3 aromatic rings. The summed E-state index contributed by atoms with van der Waals surface area (Å²) in [4.78, 5) is 0. The molecule has 0 aromatic heterocycles. The Morgan fingerprint density at radius 2 is 0.917 bits per heavy atom. The quantitative estimate of drug-likeness (QED) is 0.155. The van der Waals surface area contributed by atoms with Crippen LogP contribution >= 0.6 is 6.89 Å². The molecule has 1 aliphatic carbocycles. The van der Waals surface area contributed by atoms with Gasteiger partial charge in [0.05, 0.1) is 0 Å². The first-order valence-electron chi connectivity index (χ1n) is 14.2. The van der Waals surface area contributed by atoms with E-state index in [-0.39, 0.29) is 0 Å². The maximum Gasteiger partial charge on any atom is -0.0123 e. The summed E-state index contributed by atoms with van der Waals surface area (Å²) in [6.45, 7) is 0.320. The highest BCUT2D eigenvalue weighted by molar-refractivity contribution is 7.96. The number of hydrogen-bond acceptors (Lipinski definition) is 0. The van der Waals surface area contributed by atoms with Gasteiger partial charge in [-0.15, -0.1) is 0 Å². The second-order valence-corrected chi connectivity index (χ2v) is 13.4. The number of unbranched alkanes of at least 4 members (excludes halogenated alkanes) is 9. The number of benzene rings is 3. The lowest BCUT2D eigenvalue weighted by molar-refractivity contribution is 0.557. The van der Waals surface area contributed by atoms with Crippen molar-refractivity contribution in [1.82, 2.24) is 0 Å². The van der Waals surface area contributed by atoms with Gasteiger partial charge in [0.25, 0.3) is 0 Å². The molecule has 0 bridgehead atoms. The van der Waals surface area contributed by atoms with Gasteiger partial charge < -0.3 is 0 Å². The Balaban J connectivity index is 1.58. The second kappa shape index (κ2) is 14.2. The zero-order valence-corrected chi connectivity index (χ0v) is 23.0. The van der Waals surface area contributed by atoms with Gasteiger partial charge in [0.15, 0.2) is 0 Å². The lowest BCUT2D eigenvalue weighted by atomic mass is 10.0. The first kappa shape index (κ1) is 26.5. The average Bonchev–Trinajstić information content (AvgIpc) is 3.41. The molecule has 0 heterocycles. The van der Waals surface area contributed by atoms with Crippen molar-refractivity contribution >= 4 is 28.1 Å². The molecule has 0 N–H and O–H groups in total. The van der Waals surface area contributed by atoms with Crippen molar-refractivity contribution in [2.24, 2.45) is 0 Å². The average molecular weight is 495 g/mol. The molecule has 188 valence electrons. The van der Waals surface area contributed by atoms with Crippen LogP contribution in [0.15, 0.2) is 115 Å². The van der Waals surface area contributed by atoms with Gasteiger partial charge >= 0.3 is 0 Å². The third kappa shape index (κ3) is 6.41. The summed E-state index contributed by atoms with van der Waals surface area (Å²) < 4.78 is 0. The van der Waals surface area contributed by atoms with Gasteiger partial charge in [-0.25, -0.2) is 0 Å². The van der Waals surface area contributed by atoms with E-state index in [9.17, 15) is 0 Å². The van der Waals surface area contributed by atoms with Crippen molar-refractivity contribution in [1.29, 1.82) is 0 Å². The fraction of sp³-hybridized carbons (Fsp3) is 0.343. The van der Waals surface area contributed by atoms with Crippen LogP contribution in [0.5, 0.6) is 0 Å². The molecule has 0 unspecified atom stereocenters. The van der Waals surface area contributed by atoms with Crippen molar-refractivity contribution in [3.63, 3.8) is 0 Å². The summed E-state index contributed by atoms with van der Waals surface area (Å²) in [5, 5.41) is 5.87. The molecule has 0 amide bonds.